The summed E-state index contributed by atoms with van der Waals surface area (Å²) in [5.41, 5.74) is 0.867. The number of carbonyl (C=O) groups is 4. The Hall–Kier alpha value is -5.38. The molecule has 6 rings (SSSR count). The monoisotopic (exact) mass is 809 g/mol. The quantitative estimate of drug-likeness (QED) is 0.0960. The van der Waals surface area contributed by atoms with Crippen molar-refractivity contribution in [2.45, 2.75) is 68.8 Å². The third kappa shape index (κ3) is 9.32. The summed E-state index contributed by atoms with van der Waals surface area (Å²) in [7, 11) is 6.92. The minimum Gasteiger partial charge on any atom is -0.493 e. The molecular weight excluding hydrogens is 758 g/mol. The van der Waals surface area contributed by atoms with Crippen molar-refractivity contribution < 1.29 is 53.8 Å². The van der Waals surface area contributed by atoms with Gasteiger partial charge in [-0.3, -0.25) is 24.2 Å². The van der Waals surface area contributed by atoms with Gasteiger partial charge < -0.3 is 69.5 Å². The molecule has 5 heterocycles. The van der Waals surface area contributed by atoms with Crippen molar-refractivity contribution in [2.24, 2.45) is 12.0 Å². The fourth-order valence-electron chi connectivity index (χ4n) is 7.10. The van der Waals surface area contributed by atoms with Crippen LogP contribution in [0.3, 0.4) is 0 Å². The normalized spacial score (nSPS) is 22.6. The van der Waals surface area contributed by atoms with Crippen molar-refractivity contribution in [1.29, 1.82) is 0 Å². The molecule has 3 aliphatic rings. The van der Waals surface area contributed by atoms with Crippen molar-refractivity contribution in [1.82, 2.24) is 29.2 Å². The molecule has 3 aromatic rings. The SMILES string of the molecule is COc1cc2c(cc1OCCCC(=O)Nc1cc(C(=O)Nc3cn(C)c(C(=O)NCCCN(C)C)n3)n([C@H]3O[C@H](CO)[C@@H](O)[C@@H](O)[C@H]3O)c1)N=C[C@H]1CCCN1C2=O. The largest absolute Gasteiger partial charge is 0.493 e. The number of aryl methyl sites for hydroxylation is 1. The zero-order chi connectivity index (χ0) is 41.7. The Kier molecular flexibility index (Phi) is 13.5. The molecular formula is C38H51N9O11. The van der Waals surface area contributed by atoms with Gasteiger partial charge in [-0.15, -0.1) is 0 Å². The summed E-state index contributed by atoms with van der Waals surface area (Å²) >= 11 is 0. The van der Waals surface area contributed by atoms with E-state index in [1.54, 1.807) is 30.3 Å². The second kappa shape index (κ2) is 18.5. The Bertz CT molecular complexity index is 2010. The lowest BCUT2D eigenvalue weighted by Crippen LogP contribution is -2.56. The number of methoxy groups -OCH3 is 1. The summed E-state index contributed by atoms with van der Waals surface area (Å²) in [6.07, 6.45) is -0.634. The van der Waals surface area contributed by atoms with Gasteiger partial charge in [-0.2, -0.15) is 0 Å². The van der Waals surface area contributed by atoms with Crippen LogP contribution in [0.1, 0.15) is 69.8 Å². The van der Waals surface area contributed by atoms with Crippen molar-refractivity contribution in [2.75, 3.05) is 64.7 Å². The van der Waals surface area contributed by atoms with E-state index in [1.165, 1.54) is 34.7 Å². The maximum atomic E-state index is 13.8. The van der Waals surface area contributed by atoms with Crippen LogP contribution in [0.25, 0.3) is 0 Å². The fraction of sp³-hybridized carbons (Fsp3) is 0.526. The molecule has 20 heteroatoms. The number of carbonyl (C=O) groups excluding carboxylic acids is 4. The second-order valence-electron chi connectivity index (χ2n) is 14.7. The summed E-state index contributed by atoms with van der Waals surface area (Å²) in [5, 5.41) is 49.7. The lowest BCUT2D eigenvalue weighted by molar-refractivity contribution is -0.251. The number of benzene rings is 1. The highest BCUT2D eigenvalue weighted by Gasteiger charge is 2.45. The van der Waals surface area contributed by atoms with E-state index in [1.807, 2.05) is 19.0 Å². The predicted octanol–water partition coefficient (Wildman–Crippen LogP) is 0.255. The maximum Gasteiger partial charge on any atom is 0.287 e. The van der Waals surface area contributed by atoms with Gasteiger partial charge in [0.15, 0.2) is 23.5 Å². The highest BCUT2D eigenvalue weighted by Crippen LogP contribution is 2.38. The lowest BCUT2D eigenvalue weighted by atomic mass is 9.98. The molecule has 2 aromatic heterocycles. The van der Waals surface area contributed by atoms with Gasteiger partial charge in [-0.1, -0.05) is 0 Å². The average Bonchev–Trinajstić information content (AvgIpc) is 3.92. The van der Waals surface area contributed by atoms with Crippen LogP contribution >= 0.6 is 0 Å². The van der Waals surface area contributed by atoms with E-state index in [0.29, 0.717) is 35.8 Å². The molecule has 314 valence electrons. The highest BCUT2D eigenvalue weighted by molar-refractivity contribution is 6.05. The molecule has 2 saturated heterocycles. The molecule has 0 saturated carbocycles. The molecule has 20 nitrogen and oxygen atoms in total. The summed E-state index contributed by atoms with van der Waals surface area (Å²) in [5.74, 6) is -0.986. The molecule has 4 amide bonds. The highest BCUT2D eigenvalue weighted by atomic mass is 16.6. The van der Waals surface area contributed by atoms with Crippen LogP contribution in [0.15, 0.2) is 35.6 Å². The number of ether oxygens (including phenoxy) is 3. The molecule has 1 aromatic carbocycles. The predicted molar refractivity (Wildman–Crippen MR) is 209 cm³/mol. The Morgan fingerprint density at radius 3 is 2.55 bits per heavy atom. The first-order chi connectivity index (χ1) is 27.8. The van der Waals surface area contributed by atoms with Gasteiger partial charge in [0.05, 0.1) is 43.3 Å². The van der Waals surface area contributed by atoms with E-state index >= 15 is 0 Å². The standard InChI is InChI=1S/C38H51N9O11/c1-44(2)11-7-10-39-36(54)34-42-29(19-45(34)3)43-35(53)25-14-21(18-47(25)38-33(52)32(51)31(50)28(20-48)58-38)41-30(49)9-6-13-57-27-16-24-23(15-26(27)56-4)37(55)46-12-5-8-22(46)17-40-24/h14-19,22,28,31-33,38,48,50-52H,5-13,20H2,1-4H3,(H,39,54)(H,41,49)(H,43,53)/t22-,28-,31-,32-,33-,38+/m1/s1. The summed E-state index contributed by atoms with van der Waals surface area (Å²) in [4.78, 5) is 65.5. The summed E-state index contributed by atoms with van der Waals surface area (Å²) in [6.45, 7) is 1.26. The molecule has 2 fully saturated rings. The number of hydrogen-bond acceptors (Lipinski definition) is 14. The third-order valence-corrected chi connectivity index (χ3v) is 10.2. The molecule has 0 bridgehead atoms. The zero-order valence-electron chi connectivity index (χ0n) is 32.8. The van der Waals surface area contributed by atoms with E-state index < -0.39 is 55.0 Å². The van der Waals surface area contributed by atoms with E-state index in [2.05, 4.69) is 25.9 Å². The van der Waals surface area contributed by atoms with E-state index in [0.717, 1.165) is 25.8 Å². The number of anilines is 2. The van der Waals surface area contributed by atoms with Gasteiger partial charge in [-0.25, -0.2) is 4.98 Å². The van der Waals surface area contributed by atoms with Crippen LogP contribution in [-0.2, 0) is 16.6 Å². The Morgan fingerprint density at radius 2 is 1.81 bits per heavy atom. The van der Waals surface area contributed by atoms with Gasteiger partial charge >= 0.3 is 0 Å². The molecule has 0 aliphatic carbocycles. The van der Waals surface area contributed by atoms with E-state index in [-0.39, 0.29) is 54.4 Å². The molecule has 3 aliphatic heterocycles. The number of hydrogen-bond donors (Lipinski definition) is 7. The number of amides is 4. The number of aliphatic imine (C=N–C) groups is 1. The van der Waals surface area contributed by atoms with Gasteiger partial charge in [0.25, 0.3) is 17.7 Å². The molecule has 58 heavy (non-hydrogen) atoms. The molecule has 6 atom stereocenters. The minimum atomic E-state index is -1.75. The number of nitrogens with one attached hydrogen (secondary N) is 3. The number of fused-ring (bicyclic) bond motifs is 2. The number of rotatable bonds is 16. The van der Waals surface area contributed by atoms with E-state index in [4.69, 9.17) is 14.2 Å². The van der Waals surface area contributed by atoms with Crippen LogP contribution in [0.2, 0.25) is 0 Å². The lowest BCUT2D eigenvalue weighted by Gasteiger charge is -2.40. The number of imidazole rings is 1. The number of aromatic nitrogens is 3. The fourth-order valence-corrected chi connectivity index (χ4v) is 7.10. The maximum absolute atomic E-state index is 13.8. The topological polar surface area (TPSA) is 255 Å². The molecule has 7 N–H and O–H groups in total. The van der Waals surface area contributed by atoms with Gasteiger partial charge in [0.1, 0.15) is 30.1 Å². The first kappa shape index (κ1) is 42.2. The van der Waals surface area contributed by atoms with Crippen LogP contribution in [0.4, 0.5) is 17.2 Å². The number of aliphatic hydroxyl groups excluding tert-OH is 4. The number of nitrogens with zero attached hydrogens (tertiary/aromatic N) is 6. The van der Waals surface area contributed by atoms with Crippen molar-refractivity contribution in [3.63, 3.8) is 0 Å². The van der Waals surface area contributed by atoms with Crippen molar-refractivity contribution in [3.05, 3.63) is 47.7 Å². The first-order valence-corrected chi connectivity index (χ1v) is 19.1. The van der Waals surface area contributed by atoms with Crippen LogP contribution in [0.5, 0.6) is 11.5 Å². The summed E-state index contributed by atoms with van der Waals surface area (Å²) < 4.78 is 19.8. The van der Waals surface area contributed by atoms with Gasteiger partial charge in [0, 0.05) is 51.2 Å². The minimum absolute atomic E-state index is 0.0127. The summed E-state index contributed by atoms with van der Waals surface area (Å²) in [6, 6.07) is 4.53. The Balaban J connectivity index is 1.13. The van der Waals surface area contributed by atoms with Crippen molar-refractivity contribution >= 4 is 47.0 Å². The third-order valence-electron chi connectivity index (χ3n) is 10.2. The molecule has 0 unspecified atom stereocenters. The first-order valence-electron chi connectivity index (χ1n) is 19.1. The van der Waals surface area contributed by atoms with Gasteiger partial charge in [-0.05, 0) is 58.5 Å². The smallest absolute Gasteiger partial charge is 0.287 e. The zero-order valence-corrected chi connectivity index (χ0v) is 32.8. The molecule has 0 spiro atoms. The van der Waals surface area contributed by atoms with Crippen molar-refractivity contribution in [3.8, 4) is 11.5 Å². The molecule has 0 radical (unpaired) electrons. The van der Waals surface area contributed by atoms with Crippen LogP contribution in [-0.4, -0.2) is 159 Å². The number of aliphatic hydroxyl groups is 4. The van der Waals surface area contributed by atoms with E-state index in [9.17, 15) is 39.6 Å². The second-order valence-corrected chi connectivity index (χ2v) is 14.7. The average molecular weight is 810 g/mol. The Morgan fingerprint density at radius 1 is 1.02 bits per heavy atom. The van der Waals surface area contributed by atoms with Gasteiger partial charge in [0.2, 0.25) is 11.7 Å². The van der Waals surface area contributed by atoms with Crippen LogP contribution in [0, 0.1) is 0 Å². The van der Waals surface area contributed by atoms with Crippen LogP contribution < -0.4 is 25.4 Å². The Labute approximate surface area is 334 Å².